The molecule has 0 heterocycles. The largest absolute Gasteiger partial charge is 0.488 e. The molecular weight excluding hydrogens is 182 g/mol. The molecule has 0 saturated heterocycles. The predicted molar refractivity (Wildman–Crippen MR) is 55.6 cm³/mol. The molecule has 4 nitrogen and oxygen atoms in total. The topological polar surface area (TPSA) is 80.9 Å². The minimum atomic E-state index is -1.53. The van der Waals surface area contributed by atoms with Crippen LogP contribution in [0.2, 0.25) is 0 Å². The number of hydrogen-bond acceptors (Lipinski definition) is 4. The van der Waals surface area contributed by atoms with Crippen LogP contribution in [0.1, 0.15) is 11.1 Å². The van der Waals surface area contributed by atoms with Crippen molar-refractivity contribution in [3.63, 3.8) is 0 Å². The maximum absolute atomic E-state index is 8.99. The third kappa shape index (κ3) is 1.99. The molecule has 4 N–H and O–H groups in total. The summed E-state index contributed by atoms with van der Waals surface area (Å²) in [5, 5.41) is 36.0. The van der Waals surface area contributed by atoms with Crippen LogP contribution < -0.4 is 10.9 Å². The normalized spacial score (nSPS) is 10.1. The van der Waals surface area contributed by atoms with E-state index < -0.39 is 14.2 Å². The summed E-state index contributed by atoms with van der Waals surface area (Å²) < 4.78 is 0. The summed E-state index contributed by atoms with van der Waals surface area (Å²) in [7, 11) is -3.06. The van der Waals surface area contributed by atoms with Crippen LogP contribution in [0.3, 0.4) is 0 Å². The maximum Gasteiger partial charge on any atom is 0.488 e. The third-order valence-electron chi connectivity index (χ3n) is 2.43. The Balaban J connectivity index is 3.26. The Kier molecular flexibility index (Phi) is 3.34. The van der Waals surface area contributed by atoms with E-state index in [-0.39, 0.29) is 0 Å². The molecule has 1 aromatic rings. The van der Waals surface area contributed by atoms with Gasteiger partial charge in [-0.25, -0.2) is 0 Å². The Morgan fingerprint density at radius 3 is 1.29 bits per heavy atom. The lowest BCUT2D eigenvalue weighted by Gasteiger charge is -2.12. The highest BCUT2D eigenvalue weighted by Gasteiger charge is 2.20. The van der Waals surface area contributed by atoms with Crippen LogP contribution in [0.15, 0.2) is 12.1 Å². The number of benzene rings is 1. The molecule has 0 unspecified atom stereocenters. The van der Waals surface area contributed by atoms with E-state index in [0.29, 0.717) is 22.1 Å². The van der Waals surface area contributed by atoms with Gasteiger partial charge in [0.2, 0.25) is 0 Å². The SMILES string of the molecule is Cc1c(B(O)O)ccc(B(O)O)c1C. The summed E-state index contributed by atoms with van der Waals surface area (Å²) in [4.78, 5) is 0. The minimum absolute atomic E-state index is 0.381. The van der Waals surface area contributed by atoms with Crippen LogP contribution in [-0.4, -0.2) is 34.3 Å². The Morgan fingerprint density at radius 2 is 1.07 bits per heavy atom. The second-order valence-corrected chi connectivity index (χ2v) is 3.24. The molecule has 0 aliphatic rings. The van der Waals surface area contributed by atoms with E-state index in [1.54, 1.807) is 13.8 Å². The zero-order valence-corrected chi connectivity index (χ0v) is 8.10. The van der Waals surface area contributed by atoms with Crippen molar-refractivity contribution >= 4 is 25.2 Å². The van der Waals surface area contributed by atoms with Crippen LogP contribution in [-0.2, 0) is 0 Å². The monoisotopic (exact) mass is 194 g/mol. The zero-order valence-electron chi connectivity index (χ0n) is 8.10. The Labute approximate surface area is 83.1 Å². The molecule has 0 aromatic heterocycles. The van der Waals surface area contributed by atoms with E-state index >= 15 is 0 Å². The van der Waals surface area contributed by atoms with Crippen molar-refractivity contribution in [3.8, 4) is 0 Å². The van der Waals surface area contributed by atoms with Gasteiger partial charge in [-0.15, -0.1) is 0 Å². The molecule has 0 atom stereocenters. The number of hydrogen-bond donors (Lipinski definition) is 4. The van der Waals surface area contributed by atoms with Gasteiger partial charge in [0.15, 0.2) is 0 Å². The molecule has 0 aliphatic carbocycles. The van der Waals surface area contributed by atoms with E-state index in [1.165, 1.54) is 12.1 Å². The minimum Gasteiger partial charge on any atom is -0.423 e. The van der Waals surface area contributed by atoms with Gasteiger partial charge in [-0.3, -0.25) is 0 Å². The van der Waals surface area contributed by atoms with Gasteiger partial charge in [0.25, 0.3) is 0 Å². The van der Waals surface area contributed by atoms with Crippen molar-refractivity contribution in [2.45, 2.75) is 13.8 Å². The number of rotatable bonds is 2. The molecule has 0 saturated carbocycles. The van der Waals surface area contributed by atoms with E-state index in [2.05, 4.69) is 0 Å². The van der Waals surface area contributed by atoms with Crippen molar-refractivity contribution < 1.29 is 20.1 Å². The second-order valence-electron chi connectivity index (χ2n) is 3.24. The fourth-order valence-electron chi connectivity index (χ4n) is 1.42. The van der Waals surface area contributed by atoms with Crippen molar-refractivity contribution in [1.82, 2.24) is 0 Å². The van der Waals surface area contributed by atoms with Gasteiger partial charge in [-0.05, 0) is 35.9 Å². The van der Waals surface area contributed by atoms with Crippen molar-refractivity contribution in [2.24, 2.45) is 0 Å². The smallest absolute Gasteiger partial charge is 0.423 e. The summed E-state index contributed by atoms with van der Waals surface area (Å²) in [5.74, 6) is 0. The van der Waals surface area contributed by atoms with E-state index in [1.807, 2.05) is 0 Å². The summed E-state index contributed by atoms with van der Waals surface area (Å²) in [6.07, 6.45) is 0. The predicted octanol–water partition coefficient (Wildman–Crippen LogP) is -2.34. The fourth-order valence-corrected chi connectivity index (χ4v) is 1.42. The van der Waals surface area contributed by atoms with Gasteiger partial charge >= 0.3 is 14.2 Å². The maximum atomic E-state index is 8.99. The lowest BCUT2D eigenvalue weighted by molar-refractivity contribution is 0.423. The van der Waals surface area contributed by atoms with Gasteiger partial charge in [0, 0.05) is 0 Å². The zero-order chi connectivity index (χ0) is 10.9. The first-order valence-corrected chi connectivity index (χ1v) is 4.27. The highest BCUT2D eigenvalue weighted by Crippen LogP contribution is 2.01. The Hall–Kier alpha value is -0.810. The molecule has 0 radical (unpaired) electrons. The molecule has 14 heavy (non-hydrogen) atoms. The molecule has 0 spiro atoms. The van der Waals surface area contributed by atoms with Gasteiger partial charge in [0.1, 0.15) is 0 Å². The van der Waals surface area contributed by atoms with Crippen LogP contribution in [0.5, 0.6) is 0 Å². The van der Waals surface area contributed by atoms with Gasteiger partial charge in [0.05, 0.1) is 0 Å². The first-order valence-electron chi connectivity index (χ1n) is 4.27. The standard InChI is InChI=1S/C8H12B2O4/c1-5-6(2)8(10(13)14)4-3-7(5)9(11)12/h3-4,11-14H,1-2H3. The molecule has 1 rings (SSSR count). The summed E-state index contributed by atoms with van der Waals surface area (Å²) >= 11 is 0. The lowest BCUT2D eigenvalue weighted by Crippen LogP contribution is -2.39. The lowest BCUT2D eigenvalue weighted by atomic mass is 9.70. The molecule has 0 aliphatic heterocycles. The first kappa shape index (κ1) is 11.3. The fraction of sp³-hybridized carbons (Fsp3) is 0.250. The van der Waals surface area contributed by atoms with Crippen LogP contribution >= 0.6 is 0 Å². The van der Waals surface area contributed by atoms with Gasteiger partial charge in [-0.2, -0.15) is 0 Å². The average molecular weight is 194 g/mol. The highest BCUT2D eigenvalue weighted by molar-refractivity contribution is 6.61. The van der Waals surface area contributed by atoms with Crippen LogP contribution in [0.25, 0.3) is 0 Å². The molecule has 1 aromatic carbocycles. The summed E-state index contributed by atoms with van der Waals surface area (Å²) in [5.41, 5.74) is 2.08. The summed E-state index contributed by atoms with van der Waals surface area (Å²) in [6.45, 7) is 3.41. The Bertz CT molecular complexity index is 305. The van der Waals surface area contributed by atoms with Crippen LogP contribution in [0.4, 0.5) is 0 Å². The van der Waals surface area contributed by atoms with Crippen molar-refractivity contribution in [3.05, 3.63) is 23.3 Å². The first-order chi connectivity index (χ1) is 6.45. The second kappa shape index (κ2) is 4.14. The van der Waals surface area contributed by atoms with Gasteiger partial charge < -0.3 is 20.1 Å². The van der Waals surface area contributed by atoms with Crippen molar-refractivity contribution in [1.29, 1.82) is 0 Å². The molecule has 0 bridgehead atoms. The van der Waals surface area contributed by atoms with E-state index in [9.17, 15) is 0 Å². The quantitative estimate of drug-likeness (QED) is 0.397. The molecule has 0 fully saturated rings. The molecule has 0 amide bonds. The molecule has 6 heteroatoms. The molecular formula is C8H12B2O4. The summed E-state index contributed by atoms with van der Waals surface area (Å²) in [6, 6.07) is 2.95. The van der Waals surface area contributed by atoms with Gasteiger partial charge in [-0.1, -0.05) is 12.1 Å². The molecule has 74 valence electrons. The average Bonchev–Trinajstić information content (AvgIpc) is 2.08. The highest BCUT2D eigenvalue weighted by atomic mass is 16.4. The van der Waals surface area contributed by atoms with E-state index in [4.69, 9.17) is 20.1 Å². The Morgan fingerprint density at radius 1 is 0.786 bits per heavy atom. The van der Waals surface area contributed by atoms with Crippen LogP contribution in [0, 0.1) is 13.8 Å². The van der Waals surface area contributed by atoms with Crippen molar-refractivity contribution in [2.75, 3.05) is 0 Å². The third-order valence-corrected chi connectivity index (χ3v) is 2.43. The van der Waals surface area contributed by atoms with E-state index in [0.717, 1.165) is 0 Å².